The molecule has 3 aromatic heterocycles. The first-order chi connectivity index (χ1) is 28.1. The summed E-state index contributed by atoms with van der Waals surface area (Å²) in [6, 6.07) is 56.9. The minimum absolute atomic E-state index is 0.871. The number of rotatable bonds is 4. The van der Waals surface area contributed by atoms with Crippen LogP contribution in [-0.4, -0.2) is 19.9 Å². The average Bonchev–Trinajstić information content (AvgIpc) is 4.11. The van der Waals surface area contributed by atoms with Gasteiger partial charge in [0.15, 0.2) is 0 Å². The summed E-state index contributed by atoms with van der Waals surface area (Å²) in [5.41, 5.74) is 18.9. The normalized spacial score (nSPS) is 11.7. The number of hydrogen-bond acceptors (Lipinski definition) is 2. The van der Waals surface area contributed by atoms with E-state index in [0.29, 0.717) is 0 Å². The van der Waals surface area contributed by atoms with Crippen LogP contribution in [0.1, 0.15) is 39.5 Å². The van der Waals surface area contributed by atoms with Crippen LogP contribution in [0.2, 0.25) is 0 Å². The van der Waals surface area contributed by atoms with E-state index in [1.165, 1.54) is 5.56 Å². The van der Waals surface area contributed by atoms with E-state index >= 15 is 0 Å². The molecule has 2 N–H and O–H groups in total. The molecule has 0 unspecified atom stereocenters. The maximum atomic E-state index is 5.43. The van der Waals surface area contributed by atoms with E-state index in [1.54, 1.807) is 0 Å². The Morgan fingerprint density at radius 1 is 0.333 bits per heavy atom. The number of hydrogen-bond donors (Lipinski definition) is 2. The Bertz CT molecular complexity index is 3050. The Balaban J connectivity index is 1.28. The Hall–Kier alpha value is -7.74. The Labute approximate surface area is 331 Å². The third kappa shape index (κ3) is 6.58. The first-order valence-corrected chi connectivity index (χ1v) is 19.2. The van der Waals surface area contributed by atoms with Crippen LogP contribution in [0, 0.1) is 18.8 Å². The molecule has 5 heterocycles. The van der Waals surface area contributed by atoms with E-state index in [4.69, 9.17) is 9.97 Å². The molecule has 0 atom stereocenters. The standard InChI is InChI=1S/C53H36N4/c1-35-17-19-36(20-18-35)21-22-37-23-25-41(26-24-37)53-48-33-31-46(56-48)51(39-13-7-3-8-14-39)44-29-27-42(54-44)50(38-11-5-2-6-12-38)43-28-30-45(55-43)52(40-15-9-4-10-16-40)47-32-34-49(53)57-47/h2-20,23-34,54,57H,1H3. The molecular formula is C53H36N4. The van der Waals surface area contributed by atoms with E-state index in [0.717, 1.165) is 100 Å². The Morgan fingerprint density at radius 3 is 0.965 bits per heavy atom. The van der Waals surface area contributed by atoms with Crippen molar-refractivity contribution in [3.63, 3.8) is 0 Å². The van der Waals surface area contributed by atoms with E-state index in [1.807, 2.05) is 18.2 Å². The zero-order valence-electron chi connectivity index (χ0n) is 31.3. The molecule has 0 amide bonds. The monoisotopic (exact) mass is 728 g/mol. The van der Waals surface area contributed by atoms with Crippen molar-refractivity contribution in [3.05, 3.63) is 203 Å². The number of aryl methyl sites for hydroxylation is 1. The lowest BCUT2D eigenvalue weighted by Crippen LogP contribution is -1.89. The van der Waals surface area contributed by atoms with Crippen LogP contribution in [0.4, 0.5) is 0 Å². The number of fused-ring (bicyclic) bond motifs is 8. The van der Waals surface area contributed by atoms with Gasteiger partial charge in [-0.05, 0) is 102 Å². The number of benzene rings is 5. The van der Waals surface area contributed by atoms with Crippen LogP contribution in [0.15, 0.2) is 164 Å². The summed E-state index contributed by atoms with van der Waals surface area (Å²) in [5.74, 6) is 6.67. The van der Waals surface area contributed by atoms with Crippen molar-refractivity contribution in [3.8, 4) is 56.3 Å². The molecule has 268 valence electrons. The molecule has 4 heteroatoms. The molecule has 0 radical (unpaired) electrons. The molecule has 0 saturated heterocycles. The number of nitrogens with one attached hydrogen (secondary N) is 2. The molecule has 5 aromatic carbocycles. The lowest BCUT2D eigenvalue weighted by molar-refractivity contribution is 1.31. The number of nitrogens with zero attached hydrogens (tertiary/aromatic N) is 2. The zero-order valence-corrected chi connectivity index (χ0v) is 31.3. The van der Waals surface area contributed by atoms with Crippen molar-refractivity contribution in [2.24, 2.45) is 0 Å². The summed E-state index contributed by atoms with van der Waals surface area (Å²) in [4.78, 5) is 18.5. The van der Waals surface area contributed by atoms with Gasteiger partial charge in [-0.3, -0.25) is 0 Å². The van der Waals surface area contributed by atoms with E-state index < -0.39 is 0 Å². The minimum atomic E-state index is 0.871. The molecule has 2 aliphatic heterocycles. The van der Waals surface area contributed by atoms with Gasteiger partial charge in [0, 0.05) is 55.4 Å². The van der Waals surface area contributed by atoms with Crippen LogP contribution < -0.4 is 0 Å². The molecule has 0 saturated carbocycles. The van der Waals surface area contributed by atoms with Crippen LogP contribution in [0.5, 0.6) is 0 Å². The van der Waals surface area contributed by atoms with Gasteiger partial charge in [0.25, 0.3) is 0 Å². The van der Waals surface area contributed by atoms with E-state index in [9.17, 15) is 0 Å². The highest BCUT2D eigenvalue weighted by molar-refractivity contribution is 5.99. The van der Waals surface area contributed by atoms with Crippen LogP contribution >= 0.6 is 0 Å². The fourth-order valence-electron chi connectivity index (χ4n) is 7.74. The molecule has 0 spiro atoms. The predicted molar refractivity (Wildman–Crippen MR) is 238 cm³/mol. The first kappa shape index (κ1) is 33.8. The number of aromatic nitrogens is 4. The van der Waals surface area contributed by atoms with E-state index in [-0.39, 0.29) is 0 Å². The third-order valence-corrected chi connectivity index (χ3v) is 10.5. The van der Waals surface area contributed by atoms with Gasteiger partial charge in [0.2, 0.25) is 0 Å². The van der Waals surface area contributed by atoms with Gasteiger partial charge in [-0.15, -0.1) is 0 Å². The van der Waals surface area contributed by atoms with Gasteiger partial charge >= 0.3 is 0 Å². The highest BCUT2D eigenvalue weighted by Gasteiger charge is 2.18. The predicted octanol–water partition coefficient (Wildman–Crippen LogP) is 13.0. The van der Waals surface area contributed by atoms with Crippen molar-refractivity contribution < 1.29 is 0 Å². The fraction of sp³-hybridized carbons (Fsp3) is 0.0189. The van der Waals surface area contributed by atoms with Crippen molar-refractivity contribution in [1.29, 1.82) is 0 Å². The zero-order chi connectivity index (χ0) is 38.1. The molecule has 2 aliphatic rings. The SMILES string of the molecule is Cc1ccc(C#Cc2ccc(-c3c4nc(c(-c5ccccc5)c5ccc([nH]5)c(-c5ccccc5)c5nc(c(-c6ccccc6)c6ccc3[nH]6)C=C5)C=C4)cc2)cc1. The minimum Gasteiger partial charge on any atom is -0.354 e. The van der Waals surface area contributed by atoms with Gasteiger partial charge in [-0.25, -0.2) is 9.97 Å². The summed E-state index contributed by atoms with van der Waals surface area (Å²) in [5, 5.41) is 0. The van der Waals surface area contributed by atoms with Gasteiger partial charge in [-0.2, -0.15) is 0 Å². The maximum absolute atomic E-state index is 5.43. The molecule has 57 heavy (non-hydrogen) atoms. The van der Waals surface area contributed by atoms with Gasteiger partial charge in [0.1, 0.15) is 0 Å². The Morgan fingerprint density at radius 2 is 0.632 bits per heavy atom. The van der Waals surface area contributed by atoms with Gasteiger partial charge in [-0.1, -0.05) is 133 Å². The molecule has 8 aromatic rings. The quantitative estimate of drug-likeness (QED) is 0.177. The second-order valence-corrected chi connectivity index (χ2v) is 14.3. The van der Waals surface area contributed by atoms with Crippen molar-refractivity contribution >= 4 is 46.4 Å². The topological polar surface area (TPSA) is 57.4 Å². The smallest absolute Gasteiger partial charge is 0.0737 e. The molecule has 0 aliphatic carbocycles. The average molecular weight is 729 g/mol. The lowest BCUT2D eigenvalue weighted by atomic mass is 10.0. The fourth-order valence-corrected chi connectivity index (χ4v) is 7.74. The van der Waals surface area contributed by atoms with E-state index in [2.05, 4.69) is 199 Å². The number of aromatic amines is 2. The summed E-state index contributed by atoms with van der Waals surface area (Å²) in [7, 11) is 0. The first-order valence-electron chi connectivity index (χ1n) is 19.2. The maximum Gasteiger partial charge on any atom is 0.0737 e. The summed E-state index contributed by atoms with van der Waals surface area (Å²) in [6.45, 7) is 2.09. The largest absolute Gasteiger partial charge is 0.354 e. The number of H-pyrrole nitrogens is 2. The van der Waals surface area contributed by atoms with Crippen molar-refractivity contribution in [2.45, 2.75) is 6.92 Å². The highest BCUT2D eigenvalue weighted by atomic mass is 14.8. The summed E-state index contributed by atoms with van der Waals surface area (Å²) >= 11 is 0. The van der Waals surface area contributed by atoms with Crippen molar-refractivity contribution in [2.75, 3.05) is 0 Å². The molecule has 0 fully saturated rings. The molecule has 4 nitrogen and oxygen atoms in total. The molecule has 10 rings (SSSR count). The molecular weight excluding hydrogens is 693 g/mol. The summed E-state index contributed by atoms with van der Waals surface area (Å²) < 4.78 is 0. The van der Waals surface area contributed by atoms with Crippen LogP contribution in [-0.2, 0) is 0 Å². The van der Waals surface area contributed by atoms with Crippen molar-refractivity contribution in [1.82, 2.24) is 19.9 Å². The summed E-state index contributed by atoms with van der Waals surface area (Å²) in [6.07, 6.45) is 8.54. The second-order valence-electron chi connectivity index (χ2n) is 14.3. The molecule has 8 bridgehead atoms. The second kappa shape index (κ2) is 14.5. The highest BCUT2D eigenvalue weighted by Crippen LogP contribution is 2.38. The third-order valence-electron chi connectivity index (χ3n) is 10.5. The van der Waals surface area contributed by atoms with Gasteiger partial charge < -0.3 is 9.97 Å². The van der Waals surface area contributed by atoms with Gasteiger partial charge in [0.05, 0.1) is 22.8 Å². The van der Waals surface area contributed by atoms with Crippen LogP contribution in [0.3, 0.4) is 0 Å². The Kier molecular flexibility index (Phi) is 8.59. The van der Waals surface area contributed by atoms with Crippen LogP contribution in [0.25, 0.3) is 90.9 Å². The lowest BCUT2D eigenvalue weighted by Gasteiger charge is -2.07.